The maximum Gasteiger partial charge on any atom is 0.236 e. The van der Waals surface area contributed by atoms with E-state index in [0.717, 1.165) is 18.5 Å². The molecule has 0 aliphatic carbocycles. The molecule has 2 fully saturated rings. The number of likely N-dealkylation sites (tertiary alicyclic amines) is 2. The summed E-state index contributed by atoms with van der Waals surface area (Å²) in [6.07, 6.45) is 4.52. The SMILES string of the molecule is Cc1noc(CC(=O)N2C[C@H]3CCN(Cc4cccnc4)C(=O)[C@H]3C2)n1. The van der Waals surface area contributed by atoms with E-state index in [9.17, 15) is 9.59 Å². The molecule has 2 aliphatic rings. The normalized spacial score (nSPS) is 22.6. The molecular weight excluding hydrogens is 334 g/mol. The number of piperidine rings is 1. The molecule has 8 heteroatoms. The van der Waals surface area contributed by atoms with Crippen molar-refractivity contribution in [3.05, 3.63) is 41.8 Å². The van der Waals surface area contributed by atoms with Gasteiger partial charge in [0, 0.05) is 38.6 Å². The van der Waals surface area contributed by atoms with Crippen LogP contribution in [0.5, 0.6) is 0 Å². The molecule has 0 spiro atoms. The van der Waals surface area contributed by atoms with E-state index in [1.165, 1.54) is 0 Å². The topological polar surface area (TPSA) is 92.4 Å². The standard InChI is InChI=1S/C18H21N5O3/c1-12-20-16(26-21-12)7-17(24)23-10-14-4-6-22(18(25)15(14)11-23)9-13-3-2-5-19-8-13/h2-3,5,8,14-15H,4,6-7,9-11H2,1H3/t14-,15+/m1/s1. The molecule has 0 saturated carbocycles. The lowest BCUT2D eigenvalue weighted by Crippen LogP contribution is -2.44. The van der Waals surface area contributed by atoms with Crippen LogP contribution in [0.1, 0.15) is 23.7 Å². The third kappa shape index (κ3) is 3.31. The Bertz CT molecular complexity index is 806. The number of aromatic nitrogens is 3. The van der Waals surface area contributed by atoms with Gasteiger partial charge in [-0.05, 0) is 30.9 Å². The second-order valence-electron chi connectivity index (χ2n) is 6.99. The Balaban J connectivity index is 1.38. The van der Waals surface area contributed by atoms with Crippen LogP contribution in [0.25, 0.3) is 0 Å². The number of rotatable bonds is 4. The molecule has 0 unspecified atom stereocenters. The lowest BCUT2D eigenvalue weighted by atomic mass is 9.88. The molecular formula is C18H21N5O3. The Morgan fingerprint density at radius 2 is 2.27 bits per heavy atom. The number of carbonyl (C=O) groups is 2. The van der Waals surface area contributed by atoms with E-state index in [-0.39, 0.29) is 30.1 Å². The zero-order valence-corrected chi connectivity index (χ0v) is 14.7. The van der Waals surface area contributed by atoms with Gasteiger partial charge in [-0.1, -0.05) is 11.2 Å². The molecule has 2 aromatic heterocycles. The number of carbonyl (C=O) groups excluding carboxylic acids is 2. The van der Waals surface area contributed by atoms with Crippen LogP contribution < -0.4 is 0 Å². The molecule has 26 heavy (non-hydrogen) atoms. The zero-order chi connectivity index (χ0) is 18.1. The van der Waals surface area contributed by atoms with Gasteiger partial charge in [0.25, 0.3) is 0 Å². The van der Waals surface area contributed by atoms with Gasteiger partial charge < -0.3 is 14.3 Å². The average Bonchev–Trinajstić information content (AvgIpc) is 3.25. The maximum absolute atomic E-state index is 12.9. The maximum atomic E-state index is 12.9. The van der Waals surface area contributed by atoms with Crippen LogP contribution >= 0.6 is 0 Å². The van der Waals surface area contributed by atoms with Gasteiger partial charge in [-0.25, -0.2) is 0 Å². The molecule has 2 atom stereocenters. The predicted octanol–water partition coefficient (Wildman–Crippen LogP) is 0.823. The van der Waals surface area contributed by atoms with E-state index >= 15 is 0 Å². The first-order valence-electron chi connectivity index (χ1n) is 8.85. The molecule has 2 saturated heterocycles. The van der Waals surface area contributed by atoms with Crippen molar-refractivity contribution in [2.75, 3.05) is 19.6 Å². The van der Waals surface area contributed by atoms with Crippen LogP contribution in [0.3, 0.4) is 0 Å². The quantitative estimate of drug-likeness (QED) is 0.806. The first kappa shape index (κ1) is 16.7. The van der Waals surface area contributed by atoms with Crippen LogP contribution in [-0.2, 0) is 22.6 Å². The van der Waals surface area contributed by atoms with E-state index in [1.807, 2.05) is 17.0 Å². The van der Waals surface area contributed by atoms with E-state index in [4.69, 9.17) is 4.52 Å². The van der Waals surface area contributed by atoms with Gasteiger partial charge in [-0.3, -0.25) is 14.6 Å². The summed E-state index contributed by atoms with van der Waals surface area (Å²) in [6, 6.07) is 3.85. The molecule has 2 amide bonds. The smallest absolute Gasteiger partial charge is 0.236 e. The molecule has 0 radical (unpaired) electrons. The summed E-state index contributed by atoms with van der Waals surface area (Å²) < 4.78 is 5.03. The summed E-state index contributed by atoms with van der Waals surface area (Å²) in [5.41, 5.74) is 1.02. The third-order valence-electron chi connectivity index (χ3n) is 5.16. The van der Waals surface area contributed by atoms with E-state index < -0.39 is 0 Å². The highest BCUT2D eigenvalue weighted by molar-refractivity contribution is 5.83. The van der Waals surface area contributed by atoms with Crippen LogP contribution in [0.2, 0.25) is 0 Å². The third-order valence-corrected chi connectivity index (χ3v) is 5.16. The van der Waals surface area contributed by atoms with Crippen LogP contribution in [-0.4, -0.2) is 56.4 Å². The molecule has 0 N–H and O–H groups in total. The lowest BCUT2D eigenvalue weighted by molar-refractivity contribution is -0.140. The number of fused-ring (bicyclic) bond motifs is 1. The number of aryl methyl sites for hydroxylation is 1. The first-order valence-corrected chi connectivity index (χ1v) is 8.85. The van der Waals surface area contributed by atoms with Crippen molar-refractivity contribution >= 4 is 11.8 Å². The van der Waals surface area contributed by atoms with Gasteiger partial charge in [0.15, 0.2) is 5.82 Å². The monoisotopic (exact) mass is 355 g/mol. The number of nitrogens with zero attached hydrogens (tertiary/aromatic N) is 5. The van der Waals surface area contributed by atoms with Crippen molar-refractivity contribution in [1.29, 1.82) is 0 Å². The fourth-order valence-corrected chi connectivity index (χ4v) is 3.84. The minimum Gasteiger partial charge on any atom is -0.341 e. The fraction of sp³-hybridized carbons (Fsp3) is 0.500. The second-order valence-corrected chi connectivity index (χ2v) is 6.99. The minimum atomic E-state index is -0.117. The summed E-state index contributed by atoms with van der Waals surface area (Å²) >= 11 is 0. The minimum absolute atomic E-state index is 0.0605. The van der Waals surface area contributed by atoms with E-state index in [2.05, 4.69) is 15.1 Å². The number of hydrogen-bond acceptors (Lipinski definition) is 6. The summed E-state index contributed by atoms with van der Waals surface area (Å²) in [5, 5.41) is 3.71. The van der Waals surface area contributed by atoms with Crippen molar-refractivity contribution in [2.45, 2.75) is 26.3 Å². The summed E-state index contributed by atoms with van der Waals surface area (Å²) in [7, 11) is 0. The summed E-state index contributed by atoms with van der Waals surface area (Å²) in [6.45, 7) is 4.12. The van der Waals surface area contributed by atoms with Gasteiger partial charge in [-0.2, -0.15) is 4.98 Å². The molecule has 4 rings (SSSR count). The molecule has 0 bridgehead atoms. The number of pyridine rings is 1. The molecule has 2 aliphatic heterocycles. The molecule has 2 aromatic rings. The first-order chi connectivity index (χ1) is 12.6. The van der Waals surface area contributed by atoms with Crippen LogP contribution in [0.4, 0.5) is 0 Å². The van der Waals surface area contributed by atoms with E-state index in [1.54, 1.807) is 24.2 Å². The molecule has 0 aromatic carbocycles. The van der Waals surface area contributed by atoms with Crippen molar-refractivity contribution < 1.29 is 14.1 Å². The van der Waals surface area contributed by atoms with Gasteiger partial charge in [-0.15, -0.1) is 0 Å². The predicted molar refractivity (Wildman–Crippen MR) is 90.6 cm³/mol. The largest absolute Gasteiger partial charge is 0.341 e. The fourth-order valence-electron chi connectivity index (χ4n) is 3.84. The molecule has 4 heterocycles. The average molecular weight is 355 g/mol. The Morgan fingerprint density at radius 1 is 1.38 bits per heavy atom. The van der Waals surface area contributed by atoms with E-state index in [0.29, 0.717) is 31.3 Å². The van der Waals surface area contributed by atoms with Crippen LogP contribution in [0, 0.1) is 18.8 Å². The molecule has 136 valence electrons. The Hall–Kier alpha value is -2.77. The van der Waals surface area contributed by atoms with Crippen molar-refractivity contribution in [2.24, 2.45) is 11.8 Å². The summed E-state index contributed by atoms with van der Waals surface area (Å²) in [5.74, 6) is 1.04. The van der Waals surface area contributed by atoms with Gasteiger partial charge in [0.05, 0.1) is 5.92 Å². The summed E-state index contributed by atoms with van der Waals surface area (Å²) in [4.78, 5) is 37.2. The lowest BCUT2D eigenvalue weighted by Gasteiger charge is -2.33. The highest BCUT2D eigenvalue weighted by atomic mass is 16.5. The zero-order valence-electron chi connectivity index (χ0n) is 14.7. The number of amides is 2. The highest BCUT2D eigenvalue weighted by Crippen LogP contribution is 2.33. The van der Waals surface area contributed by atoms with Crippen molar-refractivity contribution in [3.63, 3.8) is 0 Å². The molecule has 8 nitrogen and oxygen atoms in total. The van der Waals surface area contributed by atoms with Crippen LogP contribution in [0.15, 0.2) is 29.0 Å². The Morgan fingerprint density at radius 3 is 3.00 bits per heavy atom. The Kier molecular flexibility index (Phi) is 4.40. The Labute approximate surface area is 151 Å². The highest BCUT2D eigenvalue weighted by Gasteiger charge is 2.44. The van der Waals surface area contributed by atoms with Gasteiger partial charge in [0.2, 0.25) is 17.7 Å². The van der Waals surface area contributed by atoms with Crippen molar-refractivity contribution in [1.82, 2.24) is 24.9 Å². The number of hydrogen-bond donors (Lipinski definition) is 0. The van der Waals surface area contributed by atoms with Gasteiger partial charge >= 0.3 is 0 Å². The van der Waals surface area contributed by atoms with Crippen molar-refractivity contribution in [3.8, 4) is 0 Å². The van der Waals surface area contributed by atoms with Gasteiger partial charge in [0.1, 0.15) is 6.42 Å². The second kappa shape index (κ2) is 6.86.